The second-order valence-corrected chi connectivity index (χ2v) is 5.87. The number of carbonyl (C=O) groups is 1. The van der Waals surface area contributed by atoms with Crippen LogP contribution in [0.4, 0.5) is 5.82 Å². The fraction of sp³-hybridized carbons (Fsp3) is 0.500. The number of amides is 1. The van der Waals surface area contributed by atoms with Crippen molar-refractivity contribution in [2.75, 3.05) is 18.4 Å². The molecule has 122 valence electrons. The van der Waals surface area contributed by atoms with Gasteiger partial charge in [0.1, 0.15) is 5.82 Å². The van der Waals surface area contributed by atoms with Gasteiger partial charge in [0, 0.05) is 38.4 Å². The zero-order chi connectivity index (χ0) is 16.2. The zero-order valence-electron chi connectivity index (χ0n) is 13.6. The van der Waals surface area contributed by atoms with Crippen LogP contribution in [0.15, 0.2) is 24.5 Å². The van der Waals surface area contributed by atoms with Crippen molar-refractivity contribution in [1.29, 1.82) is 0 Å². The molecule has 7 heteroatoms. The molecule has 0 saturated heterocycles. The number of rotatable bonds is 5. The zero-order valence-corrected chi connectivity index (χ0v) is 13.6. The van der Waals surface area contributed by atoms with Gasteiger partial charge in [-0.05, 0) is 24.6 Å². The van der Waals surface area contributed by atoms with Gasteiger partial charge < -0.3 is 10.2 Å². The Labute approximate surface area is 135 Å². The van der Waals surface area contributed by atoms with E-state index in [0.717, 1.165) is 30.0 Å². The van der Waals surface area contributed by atoms with Gasteiger partial charge in [-0.15, -0.1) is 5.10 Å². The van der Waals surface area contributed by atoms with Crippen LogP contribution in [0.3, 0.4) is 0 Å². The molecule has 1 aliphatic rings. The third kappa shape index (κ3) is 3.49. The molecule has 0 spiro atoms. The number of nitrogens with one attached hydrogen (secondary N) is 1. The lowest BCUT2D eigenvalue weighted by Gasteiger charge is -2.30. The molecule has 23 heavy (non-hydrogen) atoms. The van der Waals surface area contributed by atoms with Crippen molar-refractivity contribution in [3.63, 3.8) is 0 Å². The molecule has 1 N–H and O–H groups in total. The Hall–Kier alpha value is -2.44. The number of aromatic nitrogens is 4. The molecule has 0 radical (unpaired) electrons. The van der Waals surface area contributed by atoms with Crippen molar-refractivity contribution in [2.24, 2.45) is 5.92 Å². The summed E-state index contributed by atoms with van der Waals surface area (Å²) in [7, 11) is 0. The van der Waals surface area contributed by atoms with Gasteiger partial charge in [0.05, 0.1) is 18.2 Å². The molecular formula is C16H22N6O. The summed E-state index contributed by atoms with van der Waals surface area (Å²) in [6, 6.07) is 3.87. The van der Waals surface area contributed by atoms with Crippen LogP contribution in [0.25, 0.3) is 0 Å². The normalized spacial score (nSPS) is 15.1. The van der Waals surface area contributed by atoms with E-state index in [1.165, 1.54) is 0 Å². The third-order valence-electron chi connectivity index (χ3n) is 4.05. The number of anilines is 1. The summed E-state index contributed by atoms with van der Waals surface area (Å²) in [5, 5.41) is 15.8. The summed E-state index contributed by atoms with van der Waals surface area (Å²) in [4.78, 5) is 14.6. The van der Waals surface area contributed by atoms with Gasteiger partial charge in [-0.25, -0.2) is 0 Å². The Morgan fingerprint density at radius 1 is 1.43 bits per heavy atom. The molecule has 2 aromatic rings. The van der Waals surface area contributed by atoms with Crippen molar-refractivity contribution in [3.05, 3.63) is 35.8 Å². The monoisotopic (exact) mass is 314 g/mol. The van der Waals surface area contributed by atoms with E-state index in [9.17, 15) is 4.79 Å². The summed E-state index contributed by atoms with van der Waals surface area (Å²) < 4.78 is 1.80. The minimum absolute atomic E-state index is 0.0977. The molecule has 1 aliphatic heterocycles. The first-order valence-corrected chi connectivity index (χ1v) is 8.03. The van der Waals surface area contributed by atoms with E-state index in [-0.39, 0.29) is 11.8 Å². The minimum Gasteiger partial charge on any atom is -0.369 e. The SMILES string of the molecule is CCNc1cc2c(nn1)CCN(C(=O)C(C)Cn1cccn1)C2. The van der Waals surface area contributed by atoms with E-state index < -0.39 is 0 Å². The van der Waals surface area contributed by atoms with Crippen molar-refractivity contribution < 1.29 is 4.79 Å². The first-order valence-electron chi connectivity index (χ1n) is 8.03. The lowest BCUT2D eigenvalue weighted by atomic mass is 10.0. The summed E-state index contributed by atoms with van der Waals surface area (Å²) in [6.07, 6.45) is 4.37. The molecule has 0 fully saturated rings. The molecule has 1 amide bonds. The van der Waals surface area contributed by atoms with Crippen LogP contribution < -0.4 is 5.32 Å². The highest BCUT2D eigenvalue weighted by atomic mass is 16.2. The maximum atomic E-state index is 12.7. The van der Waals surface area contributed by atoms with Crippen molar-refractivity contribution >= 4 is 11.7 Å². The van der Waals surface area contributed by atoms with Crippen LogP contribution >= 0.6 is 0 Å². The molecule has 0 aromatic carbocycles. The largest absolute Gasteiger partial charge is 0.369 e. The fourth-order valence-corrected chi connectivity index (χ4v) is 2.86. The van der Waals surface area contributed by atoms with Crippen LogP contribution in [-0.2, 0) is 24.3 Å². The predicted molar refractivity (Wildman–Crippen MR) is 86.7 cm³/mol. The molecule has 0 saturated carbocycles. The standard InChI is InChI=1S/C16H22N6O/c1-3-17-15-9-13-11-21(8-5-14(13)19-20-15)16(23)12(2)10-22-7-4-6-18-22/h4,6-7,9,12H,3,5,8,10-11H2,1-2H3,(H,17,20). The van der Waals surface area contributed by atoms with E-state index in [1.54, 1.807) is 10.9 Å². The Morgan fingerprint density at radius 2 is 2.30 bits per heavy atom. The maximum Gasteiger partial charge on any atom is 0.227 e. The van der Waals surface area contributed by atoms with Gasteiger partial charge in [-0.3, -0.25) is 9.48 Å². The van der Waals surface area contributed by atoms with Crippen LogP contribution in [0, 0.1) is 5.92 Å². The molecule has 3 heterocycles. The first-order chi connectivity index (χ1) is 11.2. The van der Waals surface area contributed by atoms with Gasteiger partial charge in [-0.1, -0.05) is 6.92 Å². The summed E-state index contributed by atoms with van der Waals surface area (Å²) in [5.74, 6) is 0.831. The van der Waals surface area contributed by atoms with Crippen LogP contribution in [0.2, 0.25) is 0 Å². The summed E-state index contributed by atoms with van der Waals surface area (Å²) >= 11 is 0. The van der Waals surface area contributed by atoms with Gasteiger partial charge in [-0.2, -0.15) is 10.2 Å². The number of hydrogen-bond acceptors (Lipinski definition) is 5. The van der Waals surface area contributed by atoms with Crippen molar-refractivity contribution in [2.45, 2.75) is 33.4 Å². The smallest absolute Gasteiger partial charge is 0.227 e. The molecule has 1 atom stereocenters. The number of fused-ring (bicyclic) bond motifs is 1. The molecule has 0 aliphatic carbocycles. The number of carbonyl (C=O) groups excluding carboxylic acids is 1. The Morgan fingerprint density at radius 3 is 3.04 bits per heavy atom. The third-order valence-corrected chi connectivity index (χ3v) is 4.05. The second kappa shape index (κ2) is 6.76. The first kappa shape index (κ1) is 15.5. The highest BCUT2D eigenvalue weighted by molar-refractivity contribution is 5.78. The van der Waals surface area contributed by atoms with Gasteiger partial charge in [0.25, 0.3) is 0 Å². The quantitative estimate of drug-likeness (QED) is 0.901. The Balaban J connectivity index is 1.67. The van der Waals surface area contributed by atoms with Crippen LogP contribution in [-0.4, -0.2) is 43.9 Å². The van der Waals surface area contributed by atoms with E-state index in [4.69, 9.17) is 0 Å². The van der Waals surface area contributed by atoms with E-state index >= 15 is 0 Å². The fourth-order valence-electron chi connectivity index (χ4n) is 2.86. The lowest BCUT2D eigenvalue weighted by molar-refractivity contribution is -0.136. The average molecular weight is 314 g/mol. The van der Waals surface area contributed by atoms with E-state index in [0.29, 0.717) is 19.6 Å². The minimum atomic E-state index is -0.0977. The highest BCUT2D eigenvalue weighted by Gasteiger charge is 2.26. The average Bonchev–Trinajstić information content (AvgIpc) is 3.06. The van der Waals surface area contributed by atoms with E-state index in [1.807, 2.05) is 37.1 Å². The summed E-state index contributed by atoms with van der Waals surface area (Å²) in [5.41, 5.74) is 2.08. The van der Waals surface area contributed by atoms with Gasteiger partial charge in [0.15, 0.2) is 0 Å². The molecule has 0 bridgehead atoms. The van der Waals surface area contributed by atoms with E-state index in [2.05, 4.69) is 20.6 Å². The summed E-state index contributed by atoms with van der Waals surface area (Å²) in [6.45, 7) is 6.68. The second-order valence-electron chi connectivity index (χ2n) is 5.87. The van der Waals surface area contributed by atoms with Crippen LogP contribution in [0.5, 0.6) is 0 Å². The molecule has 2 aromatic heterocycles. The number of hydrogen-bond donors (Lipinski definition) is 1. The highest BCUT2D eigenvalue weighted by Crippen LogP contribution is 2.20. The number of nitrogens with zero attached hydrogens (tertiary/aromatic N) is 5. The molecule has 7 nitrogen and oxygen atoms in total. The van der Waals surface area contributed by atoms with Crippen molar-refractivity contribution in [3.8, 4) is 0 Å². The van der Waals surface area contributed by atoms with Gasteiger partial charge >= 0.3 is 0 Å². The molecule has 3 rings (SSSR count). The molecular weight excluding hydrogens is 292 g/mol. The van der Waals surface area contributed by atoms with Crippen molar-refractivity contribution in [1.82, 2.24) is 24.9 Å². The molecule has 1 unspecified atom stereocenters. The Kier molecular flexibility index (Phi) is 4.55. The maximum absolute atomic E-state index is 12.7. The topological polar surface area (TPSA) is 75.9 Å². The van der Waals surface area contributed by atoms with Gasteiger partial charge in [0.2, 0.25) is 5.91 Å². The Bertz CT molecular complexity index is 669. The van der Waals surface area contributed by atoms with Crippen LogP contribution in [0.1, 0.15) is 25.1 Å². The predicted octanol–water partition coefficient (Wildman–Crippen LogP) is 1.33. The lowest BCUT2D eigenvalue weighted by Crippen LogP contribution is -2.40.